The molecular weight excluding hydrogens is 382 g/mol. The molecule has 0 bridgehead atoms. The molecule has 1 fully saturated rings. The molecule has 1 saturated heterocycles. The first-order chi connectivity index (χ1) is 13.8. The van der Waals surface area contributed by atoms with Gasteiger partial charge in [0.05, 0.1) is 10.9 Å². The first-order valence-electron chi connectivity index (χ1n) is 8.52. The van der Waals surface area contributed by atoms with Crippen LogP contribution < -0.4 is 5.43 Å². The Morgan fingerprint density at radius 1 is 0.966 bits per heavy atom. The number of fused-ring (bicyclic) bond motifs is 1. The molecule has 0 saturated carbocycles. The lowest BCUT2D eigenvalue weighted by Crippen LogP contribution is -2.32. The first kappa shape index (κ1) is 18.2. The lowest BCUT2D eigenvalue weighted by atomic mass is 10.1. The number of carbonyl (C=O) groups is 3. The largest absolute Gasteiger partial charge is 0.504 e. The third kappa shape index (κ3) is 3.18. The van der Waals surface area contributed by atoms with Gasteiger partial charge in [0.15, 0.2) is 16.8 Å². The summed E-state index contributed by atoms with van der Waals surface area (Å²) in [5, 5.41) is 20.1. The second-order valence-electron chi connectivity index (χ2n) is 6.32. The number of rotatable bonds is 3. The molecule has 9 heteroatoms. The van der Waals surface area contributed by atoms with Crippen LogP contribution in [0.1, 0.15) is 23.2 Å². The van der Waals surface area contributed by atoms with Crippen LogP contribution in [0.2, 0.25) is 0 Å². The van der Waals surface area contributed by atoms with Crippen molar-refractivity contribution in [3.05, 3.63) is 58.3 Å². The van der Waals surface area contributed by atoms with Crippen LogP contribution in [0, 0.1) is 0 Å². The summed E-state index contributed by atoms with van der Waals surface area (Å²) in [6.45, 7) is 0. The maximum absolute atomic E-state index is 12.3. The number of aromatic hydroxyl groups is 2. The van der Waals surface area contributed by atoms with E-state index < -0.39 is 34.7 Å². The van der Waals surface area contributed by atoms with Gasteiger partial charge < -0.3 is 19.5 Å². The Balaban J connectivity index is 1.63. The zero-order valence-corrected chi connectivity index (χ0v) is 14.7. The smallest absolute Gasteiger partial charge is 0.363 e. The Morgan fingerprint density at radius 3 is 2.28 bits per heavy atom. The minimum atomic E-state index is -0.886. The summed E-state index contributed by atoms with van der Waals surface area (Å²) in [6, 6.07) is 9.41. The van der Waals surface area contributed by atoms with E-state index >= 15 is 0 Å². The van der Waals surface area contributed by atoms with E-state index in [1.165, 1.54) is 42.5 Å². The van der Waals surface area contributed by atoms with Crippen LogP contribution in [0.15, 0.2) is 51.7 Å². The molecule has 2 heterocycles. The molecule has 3 aromatic rings. The molecule has 4 rings (SSSR count). The second-order valence-corrected chi connectivity index (χ2v) is 6.32. The van der Waals surface area contributed by atoms with E-state index in [2.05, 4.69) is 0 Å². The standard InChI is InChI=1S/C20H13NO8/c22-13-6-5-12-14(23)9-15(28-19(12)18(13)26)10-1-3-11(4-2-10)20(27)29-21-16(24)7-8-17(21)25/h1-6,9,22,26H,7-8H2. The molecule has 0 unspecified atom stereocenters. The summed E-state index contributed by atoms with van der Waals surface area (Å²) in [4.78, 5) is 52.3. The fourth-order valence-electron chi connectivity index (χ4n) is 2.90. The summed E-state index contributed by atoms with van der Waals surface area (Å²) in [7, 11) is 0. The van der Waals surface area contributed by atoms with Crippen molar-refractivity contribution in [2.24, 2.45) is 0 Å². The van der Waals surface area contributed by atoms with Crippen molar-refractivity contribution in [3.8, 4) is 22.8 Å². The number of carbonyl (C=O) groups excluding carboxylic acids is 3. The Kier molecular flexibility index (Phi) is 4.27. The summed E-state index contributed by atoms with van der Waals surface area (Å²) >= 11 is 0. The molecule has 146 valence electrons. The van der Waals surface area contributed by atoms with E-state index in [9.17, 15) is 29.4 Å². The molecule has 0 aliphatic carbocycles. The number of hydroxylamine groups is 2. The lowest BCUT2D eigenvalue weighted by Gasteiger charge is -2.12. The fraction of sp³-hybridized carbons (Fsp3) is 0.100. The summed E-state index contributed by atoms with van der Waals surface area (Å²) in [5.74, 6) is -2.93. The predicted octanol–water partition coefficient (Wildman–Crippen LogP) is 2.09. The van der Waals surface area contributed by atoms with Crippen molar-refractivity contribution in [1.29, 1.82) is 0 Å². The van der Waals surface area contributed by atoms with Crippen LogP contribution in [-0.4, -0.2) is 33.1 Å². The average Bonchev–Trinajstić information content (AvgIpc) is 3.03. The van der Waals surface area contributed by atoms with Gasteiger partial charge in [-0.3, -0.25) is 14.4 Å². The third-order valence-corrected chi connectivity index (χ3v) is 4.43. The van der Waals surface area contributed by atoms with Gasteiger partial charge >= 0.3 is 5.97 Å². The molecule has 0 spiro atoms. The SMILES string of the molecule is O=C(ON1C(=O)CCC1=O)c1ccc(-c2cc(=O)c3ccc(O)c(O)c3o2)cc1. The maximum atomic E-state index is 12.3. The highest BCUT2D eigenvalue weighted by molar-refractivity contribution is 6.02. The number of hydrogen-bond donors (Lipinski definition) is 2. The van der Waals surface area contributed by atoms with Gasteiger partial charge in [-0.05, 0) is 24.3 Å². The Morgan fingerprint density at radius 2 is 1.62 bits per heavy atom. The van der Waals surface area contributed by atoms with Gasteiger partial charge in [-0.1, -0.05) is 12.1 Å². The Labute approximate surface area is 162 Å². The fourth-order valence-corrected chi connectivity index (χ4v) is 2.90. The molecule has 1 aromatic heterocycles. The molecule has 29 heavy (non-hydrogen) atoms. The molecule has 0 atom stereocenters. The van der Waals surface area contributed by atoms with E-state index in [-0.39, 0.29) is 35.1 Å². The number of imide groups is 1. The average molecular weight is 395 g/mol. The van der Waals surface area contributed by atoms with Gasteiger partial charge in [0.1, 0.15) is 5.76 Å². The van der Waals surface area contributed by atoms with Gasteiger partial charge in [0.2, 0.25) is 5.75 Å². The quantitative estimate of drug-likeness (QED) is 0.508. The van der Waals surface area contributed by atoms with Crippen molar-refractivity contribution in [2.45, 2.75) is 12.8 Å². The monoisotopic (exact) mass is 395 g/mol. The topological polar surface area (TPSA) is 134 Å². The van der Waals surface area contributed by atoms with Gasteiger partial charge in [-0.25, -0.2) is 4.79 Å². The van der Waals surface area contributed by atoms with Crippen molar-refractivity contribution in [2.75, 3.05) is 0 Å². The Bertz CT molecular complexity index is 1210. The molecule has 1 aliphatic rings. The van der Waals surface area contributed by atoms with E-state index in [4.69, 9.17) is 9.25 Å². The molecule has 9 nitrogen and oxygen atoms in total. The van der Waals surface area contributed by atoms with E-state index in [0.29, 0.717) is 10.6 Å². The summed E-state index contributed by atoms with van der Waals surface area (Å²) in [6.07, 6.45) is -0.0110. The van der Waals surface area contributed by atoms with Crippen molar-refractivity contribution in [3.63, 3.8) is 0 Å². The normalized spacial score (nSPS) is 13.9. The van der Waals surface area contributed by atoms with Gasteiger partial charge in [0, 0.05) is 24.5 Å². The van der Waals surface area contributed by atoms with Crippen LogP contribution in [0.4, 0.5) is 0 Å². The number of hydrogen-bond acceptors (Lipinski definition) is 8. The molecule has 1 aliphatic heterocycles. The molecule has 2 amide bonds. The first-order valence-corrected chi connectivity index (χ1v) is 8.52. The van der Waals surface area contributed by atoms with E-state index in [0.717, 1.165) is 0 Å². The van der Waals surface area contributed by atoms with E-state index in [1.54, 1.807) is 0 Å². The second kappa shape index (κ2) is 6.79. The number of nitrogens with zero attached hydrogens (tertiary/aromatic N) is 1. The van der Waals surface area contributed by atoms with Crippen LogP contribution in [-0.2, 0) is 14.4 Å². The Hall–Kier alpha value is -4.14. The minimum absolute atomic E-state index is 0.00551. The van der Waals surface area contributed by atoms with Crippen molar-refractivity contribution < 1.29 is 33.9 Å². The highest BCUT2D eigenvalue weighted by Gasteiger charge is 2.33. The number of amides is 2. The van der Waals surface area contributed by atoms with E-state index in [1.807, 2.05) is 0 Å². The summed E-state index contributed by atoms with van der Waals surface area (Å²) < 4.78 is 5.55. The van der Waals surface area contributed by atoms with Crippen LogP contribution >= 0.6 is 0 Å². The lowest BCUT2D eigenvalue weighted by molar-refractivity contribution is -0.172. The highest BCUT2D eigenvalue weighted by atomic mass is 16.7. The van der Waals surface area contributed by atoms with Crippen LogP contribution in [0.25, 0.3) is 22.3 Å². The maximum Gasteiger partial charge on any atom is 0.363 e. The third-order valence-electron chi connectivity index (χ3n) is 4.43. The number of phenols is 2. The highest BCUT2D eigenvalue weighted by Crippen LogP contribution is 2.34. The minimum Gasteiger partial charge on any atom is -0.504 e. The predicted molar refractivity (Wildman–Crippen MR) is 97.8 cm³/mol. The van der Waals surface area contributed by atoms with Crippen molar-refractivity contribution in [1.82, 2.24) is 5.06 Å². The molecular formula is C20H13NO8. The number of phenolic OH excluding ortho intramolecular Hbond substituents is 2. The van der Waals surface area contributed by atoms with Crippen molar-refractivity contribution >= 4 is 28.8 Å². The van der Waals surface area contributed by atoms with Gasteiger partial charge in [-0.15, -0.1) is 5.06 Å². The van der Waals surface area contributed by atoms with Gasteiger partial charge in [-0.2, -0.15) is 0 Å². The molecule has 2 aromatic carbocycles. The van der Waals surface area contributed by atoms with Crippen LogP contribution in [0.3, 0.4) is 0 Å². The molecule has 2 N–H and O–H groups in total. The zero-order valence-electron chi connectivity index (χ0n) is 14.7. The number of benzene rings is 2. The summed E-state index contributed by atoms with van der Waals surface area (Å²) in [5.41, 5.74) is -0.102. The van der Waals surface area contributed by atoms with Crippen LogP contribution in [0.5, 0.6) is 11.5 Å². The molecule has 0 radical (unpaired) electrons. The zero-order chi connectivity index (χ0) is 20.7. The van der Waals surface area contributed by atoms with Gasteiger partial charge in [0.25, 0.3) is 11.8 Å².